The number of hydrogen-bond donors (Lipinski definition) is 1. The van der Waals surface area contributed by atoms with Gasteiger partial charge in [-0.1, -0.05) is 19.1 Å². The van der Waals surface area contributed by atoms with Crippen LogP contribution in [-0.2, 0) is 16.4 Å². The van der Waals surface area contributed by atoms with Crippen molar-refractivity contribution in [2.24, 2.45) is 0 Å². The summed E-state index contributed by atoms with van der Waals surface area (Å²) in [4.78, 5) is 0.325. The predicted octanol–water partition coefficient (Wildman–Crippen LogP) is 1.64. The minimum absolute atomic E-state index is 0.152. The van der Waals surface area contributed by atoms with Crippen molar-refractivity contribution >= 4 is 10.0 Å². The molecule has 1 rings (SSSR count). The third-order valence-corrected chi connectivity index (χ3v) is 4.66. The van der Waals surface area contributed by atoms with E-state index in [0.717, 1.165) is 18.4 Å². The van der Waals surface area contributed by atoms with Crippen LogP contribution in [0.5, 0.6) is 0 Å². The highest BCUT2D eigenvalue weighted by Gasteiger charge is 2.19. The number of hydrogen-bond acceptors (Lipinski definition) is 3. The first kappa shape index (κ1) is 15.1. The molecule has 0 aromatic heterocycles. The van der Waals surface area contributed by atoms with E-state index in [4.69, 9.17) is 5.11 Å². The first-order valence-corrected chi connectivity index (χ1v) is 7.62. The second-order valence-electron chi connectivity index (χ2n) is 4.30. The van der Waals surface area contributed by atoms with E-state index in [0.29, 0.717) is 17.9 Å². The molecule has 1 aromatic carbocycles. The van der Waals surface area contributed by atoms with Crippen LogP contribution in [-0.4, -0.2) is 38.0 Å². The Balaban J connectivity index is 2.84. The Morgan fingerprint density at radius 2 is 1.83 bits per heavy atom. The van der Waals surface area contributed by atoms with Crippen molar-refractivity contribution < 1.29 is 13.5 Å². The van der Waals surface area contributed by atoms with Crippen molar-refractivity contribution in [1.29, 1.82) is 0 Å². The van der Waals surface area contributed by atoms with E-state index < -0.39 is 10.0 Å². The lowest BCUT2D eigenvalue weighted by atomic mass is 10.1. The smallest absolute Gasteiger partial charge is 0.242 e. The molecule has 0 fully saturated rings. The number of aliphatic hydroxyl groups is 1. The summed E-state index contributed by atoms with van der Waals surface area (Å²) >= 11 is 0. The van der Waals surface area contributed by atoms with Crippen molar-refractivity contribution in [2.75, 3.05) is 20.2 Å². The molecule has 18 heavy (non-hydrogen) atoms. The molecule has 0 saturated heterocycles. The molecular weight excluding hydrogens is 250 g/mol. The molecule has 0 aliphatic carbocycles. The van der Waals surface area contributed by atoms with E-state index in [1.54, 1.807) is 19.2 Å². The molecule has 0 heterocycles. The Hall–Kier alpha value is -0.910. The summed E-state index contributed by atoms with van der Waals surface area (Å²) in [5, 5.41) is 8.74. The van der Waals surface area contributed by atoms with Crippen LogP contribution in [0, 0.1) is 0 Å². The minimum Gasteiger partial charge on any atom is -0.396 e. The molecule has 0 aliphatic rings. The van der Waals surface area contributed by atoms with Gasteiger partial charge in [0, 0.05) is 20.2 Å². The van der Waals surface area contributed by atoms with Gasteiger partial charge < -0.3 is 5.11 Å². The van der Waals surface area contributed by atoms with Gasteiger partial charge in [0.2, 0.25) is 10.0 Å². The minimum atomic E-state index is -3.35. The quantitative estimate of drug-likeness (QED) is 0.820. The highest BCUT2D eigenvalue weighted by atomic mass is 32.2. The lowest BCUT2D eigenvalue weighted by Crippen LogP contribution is -2.27. The van der Waals surface area contributed by atoms with Crippen LogP contribution in [0.1, 0.15) is 25.3 Å². The highest BCUT2D eigenvalue weighted by Crippen LogP contribution is 2.16. The lowest BCUT2D eigenvalue weighted by molar-refractivity contribution is 0.288. The van der Waals surface area contributed by atoms with Gasteiger partial charge in [0.25, 0.3) is 0 Å². The highest BCUT2D eigenvalue weighted by molar-refractivity contribution is 7.89. The predicted molar refractivity (Wildman–Crippen MR) is 72.0 cm³/mol. The zero-order chi connectivity index (χ0) is 13.6. The SMILES string of the molecule is CCCN(C)S(=O)(=O)c1ccc(CCCO)cc1. The maximum Gasteiger partial charge on any atom is 0.242 e. The Labute approximate surface area is 109 Å². The Morgan fingerprint density at radius 1 is 1.22 bits per heavy atom. The van der Waals surface area contributed by atoms with Gasteiger partial charge in [-0.2, -0.15) is 0 Å². The summed E-state index contributed by atoms with van der Waals surface area (Å²) in [6.07, 6.45) is 2.26. The van der Waals surface area contributed by atoms with E-state index in [2.05, 4.69) is 0 Å². The van der Waals surface area contributed by atoms with Crippen LogP contribution < -0.4 is 0 Å². The third-order valence-electron chi connectivity index (χ3n) is 2.79. The number of rotatable bonds is 7. The normalized spacial score (nSPS) is 12.0. The maximum absolute atomic E-state index is 12.1. The van der Waals surface area contributed by atoms with Gasteiger partial charge in [0.05, 0.1) is 4.90 Å². The summed E-state index contributed by atoms with van der Waals surface area (Å²) in [7, 11) is -1.76. The molecule has 0 saturated carbocycles. The molecule has 0 radical (unpaired) electrons. The van der Waals surface area contributed by atoms with E-state index >= 15 is 0 Å². The van der Waals surface area contributed by atoms with Crippen molar-refractivity contribution in [3.8, 4) is 0 Å². The Bertz CT molecular complexity index is 454. The van der Waals surface area contributed by atoms with Gasteiger partial charge >= 0.3 is 0 Å². The lowest BCUT2D eigenvalue weighted by Gasteiger charge is -2.16. The molecule has 4 nitrogen and oxygen atoms in total. The summed E-state index contributed by atoms with van der Waals surface area (Å²) < 4.78 is 25.6. The molecule has 1 aromatic rings. The van der Waals surface area contributed by atoms with Crippen molar-refractivity contribution in [2.45, 2.75) is 31.1 Å². The fourth-order valence-corrected chi connectivity index (χ4v) is 2.99. The van der Waals surface area contributed by atoms with Crippen LogP contribution in [0.2, 0.25) is 0 Å². The molecular formula is C13H21NO3S. The summed E-state index contributed by atoms with van der Waals surface area (Å²) in [6, 6.07) is 6.88. The molecule has 0 aliphatic heterocycles. The largest absolute Gasteiger partial charge is 0.396 e. The van der Waals surface area contributed by atoms with Crippen molar-refractivity contribution in [3.63, 3.8) is 0 Å². The fourth-order valence-electron chi connectivity index (χ4n) is 1.73. The zero-order valence-electron chi connectivity index (χ0n) is 11.0. The van der Waals surface area contributed by atoms with E-state index in [-0.39, 0.29) is 6.61 Å². The van der Waals surface area contributed by atoms with Crippen LogP contribution >= 0.6 is 0 Å². The first-order valence-electron chi connectivity index (χ1n) is 6.18. The van der Waals surface area contributed by atoms with Crippen molar-refractivity contribution in [3.05, 3.63) is 29.8 Å². The Kier molecular flexibility index (Phi) is 5.78. The average molecular weight is 271 g/mol. The van der Waals surface area contributed by atoms with E-state index in [1.807, 2.05) is 19.1 Å². The second kappa shape index (κ2) is 6.87. The molecule has 0 atom stereocenters. The zero-order valence-corrected chi connectivity index (χ0v) is 11.8. The van der Waals surface area contributed by atoms with E-state index in [9.17, 15) is 8.42 Å². The fraction of sp³-hybridized carbons (Fsp3) is 0.538. The number of aryl methyl sites for hydroxylation is 1. The number of nitrogens with zero attached hydrogens (tertiary/aromatic N) is 1. The molecule has 0 spiro atoms. The maximum atomic E-state index is 12.1. The van der Waals surface area contributed by atoms with Gasteiger partial charge in [-0.05, 0) is 37.0 Å². The van der Waals surface area contributed by atoms with Crippen molar-refractivity contribution in [1.82, 2.24) is 4.31 Å². The molecule has 1 N–H and O–H groups in total. The molecule has 0 bridgehead atoms. The van der Waals surface area contributed by atoms with E-state index in [1.165, 1.54) is 4.31 Å². The number of sulfonamides is 1. The Morgan fingerprint density at radius 3 is 2.33 bits per heavy atom. The topological polar surface area (TPSA) is 57.6 Å². The second-order valence-corrected chi connectivity index (χ2v) is 6.34. The van der Waals surface area contributed by atoms with Crippen LogP contribution in [0.3, 0.4) is 0 Å². The molecule has 5 heteroatoms. The summed E-state index contributed by atoms with van der Waals surface area (Å²) in [5.41, 5.74) is 1.04. The van der Waals surface area contributed by atoms with Crippen LogP contribution in [0.25, 0.3) is 0 Å². The van der Waals surface area contributed by atoms with Gasteiger partial charge in [-0.15, -0.1) is 0 Å². The summed E-state index contributed by atoms with van der Waals surface area (Å²) in [5.74, 6) is 0. The summed E-state index contributed by atoms with van der Waals surface area (Å²) in [6.45, 7) is 2.62. The number of aliphatic hydroxyl groups excluding tert-OH is 1. The third kappa shape index (κ3) is 3.80. The molecule has 0 unspecified atom stereocenters. The van der Waals surface area contributed by atoms with Gasteiger partial charge in [0.1, 0.15) is 0 Å². The standard InChI is InChI=1S/C13H21NO3S/c1-3-10-14(2)18(16,17)13-8-6-12(7-9-13)5-4-11-15/h6-9,15H,3-5,10-11H2,1-2H3. The monoisotopic (exact) mass is 271 g/mol. The van der Waals surface area contributed by atoms with Gasteiger partial charge in [0.15, 0.2) is 0 Å². The molecule has 102 valence electrons. The number of benzene rings is 1. The first-order chi connectivity index (χ1) is 8.52. The van der Waals surface area contributed by atoms with Gasteiger partial charge in [-0.3, -0.25) is 0 Å². The average Bonchev–Trinajstić information content (AvgIpc) is 2.37. The van der Waals surface area contributed by atoms with Crippen LogP contribution in [0.15, 0.2) is 29.2 Å². The van der Waals surface area contributed by atoms with Gasteiger partial charge in [-0.25, -0.2) is 12.7 Å². The van der Waals surface area contributed by atoms with Crippen LogP contribution in [0.4, 0.5) is 0 Å². The molecule has 0 amide bonds.